The number of rotatable bonds is 4. The molecule has 1 rings (SSSR count). The number of carbonyl (C=O) groups excluding carboxylic acids is 1. The van der Waals surface area contributed by atoms with Crippen LogP contribution in [-0.4, -0.2) is 17.6 Å². The summed E-state index contributed by atoms with van der Waals surface area (Å²) in [6.45, 7) is 9.82. The molecule has 0 aliphatic rings. The zero-order valence-electron chi connectivity index (χ0n) is 12.6. The first kappa shape index (κ1) is 15.7. The highest BCUT2D eigenvalue weighted by Gasteiger charge is 2.22. The normalized spacial score (nSPS) is 13.4. The maximum Gasteiger partial charge on any atom is 0.323 e. The van der Waals surface area contributed by atoms with Crippen molar-refractivity contribution in [3.63, 3.8) is 0 Å². The number of benzene rings is 1. The molecule has 0 aliphatic carbocycles. The van der Waals surface area contributed by atoms with Crippen LogP contribution >= 0.6 is 0 Å². The Morgan fingerprint density at radius 2 is 1.95 bits per heavy atom. The number of hydrogen-bond donors (Lipinski definition) is 1. The summed E-state index contributed by atoms with van der Waals surface area (Å²) in [5.41, 5.74) is 7.75. The van der Waals surface area contributed by atoms with Gasteiger partial charge in [-0.05, 0) is 44.2 Å². The van der Waals surface area contributed by atoms with E-state index in [1.165, 1.54) is 5.56 Å². The van der Waals surface area contributed by atoms with Crippen LogP contribution in [0.1, 0.15) is 51.7 Å². The van der Waals surface area contributed by atoms with Crippen LogP contribution < -0.4 is 5.73 Å². The molecular weight excluding hydrogens is 238 g/mol. The largest absolute Gasteiger partial charge is 0.459 e. The summed E-state index contributed by atoms with van der Waals surface area (Å²) in [7, 11) is 0. The van der Waals surface area contributed by atoms with Gasteiger partial charge in [0, 0.05) is 0 Å². The SMILES string of the molecule is CC(C)c1cccc(CC(N)C(=O)OC(C)(C)C)c1. The molecule has 3 nitrogen and oxygen atoms in total. The van der Waals surface area contributed by atoms with Crippen molar-refractivity contribution in [1.82, 2.24) is 0 Å². The average Bonchev–Trinajstić information content (AvgIpc) is 2.27. The first-order valence-corrected chi connectivity index (χ1v) is 6.76. The van der Waals surface area contributed by atoms with Gasteiger partial charge in [0.1, 0.15) is 11.6 Å². The summed E-state index contributed by atoms with van der Waals surface area (Å²) in [6, 6.07) is 7.59. The molecule has 19 heavy (non-hydrogen) atoms. The highest BCUT2D eigenvalue weighted by atomic mass is 16.6. The molecule has 0 aromatic heterocycles. The summed E-state index contributed by atoms with van der Waals surface area (Å²) in [5, 5.41) is 0. The number of esters is 1. The Kier molecular flexibility index (Phi) is 5.12. The lowest BCUT2D eigenvalue weighted by atomic mass is 9.98. The molecule has 1 aromatic rings. The van der Waals surface area contributed by atoms with Crippen LogP contribution in [0.15, 0.2) is 24.3 Å². The van der Waals surface area contributed by atoms with Gasteiger partial charge in [0.15, 0.2) is 0 Å². The maximum atomic E-state index is 11.8. The zero-order valence-corrected chi connectivity index (χ0v) is 12.6. The molecule has 0 aliphatic heterocycles. The van der Waals surface area contributed by atoms with Gasteiger partial charge in [-0.15, -0.1) is 0 Å². The fraction of sp³-hybridized carbons (Fsp3) is 0.562. The van der Waals surface area contributed by atoms with Crippen molar-refractivity contribution in [2.75, 3.05) is 0 Å². The Morgan fingerprint density at radius 3 is 2.47 bits per heavy atom. The van der Waals surface area contributed by atoms with E-state index >= 15 is 0 Å². The molecule has 0 amide bonds. The van der Waals surface area contributed by atoms with Gasteiger partial charge in [-0.3, -0.25) is 4.79 Å². The maximum absolute atomic E-state index is 11.8. The van der Waals surface area contributed by atoms with Crippen LogP contribution in [-0.2, 0) is 16.0 Å². The molecule has 3 heteroatoms. The lowest BCUT2D eigenvalue weighted by Crippen LogP contribution is -2.38. The van der Waals surface area contributed by atoms with Crippen molar-refractivity contribution in [3.8, 4) is 0 Å². The summed E-state index contributed by atoms with van der Waals surface area (Å²) in [5.74, 6) is 0.125. The van der Waals surface area contributed by atoms with Gasteiger partial charge in [0.2, 0.25) is 0 Å². The van der Waals surface area contributed by atoms with E-state index in [0.29, 0.717) is 12.3 Å². The van der Waals surface area contributed by atoms with Crippen LogP contribution in [0.25, 0.3) is 0 Å². The number of nitrogens with two attached hydrogens (primary N) is 1. The second-order valence-electron chi connectivity index (χ2n) is 6.24. The molecule has 0 spiro atoms. The van der Waals surface area contributed by atoms with Crippen molar-refractivity contribution in [2.24, 2.45) is 5.73 Å². The molecule has 1 atom stereocenters. The van der Waals surface area contributed by atoms with Gasteiger partial charge >= 0.3 is 5.97 Å². The highest BCUT2D eigenvalue weighted by molar-refractivity contribution is 5.76. The number of carbonyl (C=O) groups is 1. The second-order valence-corrected chi connectivity index (χ2v) is 6.24. The molecule has 0 heterocycles. The van der Waals surface area contributed by atoms with Gasteiger partial charge in [-0.1, -0.05) is 38.1 Å². The fourth-order valence-corrected chi connectivity index (χ4v) is 1.79. The molecular formula is C16H25NO2. The monoisotopic (exact) mass is 263 g/mol. The van der Waals surface area contributed by atoms with Crippen LogP contribution in [0.2, 0.25) is 0 Å². The highest BCUT2D eigenvalue weighted by Crippen LogP contribution is 2.17. The van der Waals surface area contributed by atoms with Gasteiger partial charge in [0.25, 0.3) is 0 Å². The third-order valence-electron chi connectivity index (χ3n) is 2.78. The van der Waals surface area contributed by atoms with Crippen molar-refractivity contribution in [3.05, 3.63) is 35.4 Å². The fourth-order valence-electron chi connectivity index (χ4n) is 1.79. The van der Waals surface area contributed by atoms with Gasteiger partial charge in [-0.2, -0.15) is 0 Å². The molecule has 0 bridgehead atoms. The molecule has 1 aromatic carbocycles. The van der Waals surface area contributed by atoms with Crippen molar-refractivity contribution in [1.29, 1.82) is 0 Å². The quantitative estimate of drug-likeness (QED) is 0.850. The molecule has 2 N–H and O–H groups in total. The Balaban J connectivity index is 2.69. The third kappa shape index (κ3) is 5.43. The molecule has 0 fully saturated rings. The Bertz CT molecular complexity index is 433. The first-order chi connectivity index (χ1) is 8.69. The zero-order chi connectivity index (χ0) is 14.6. The van der Waals surface area contributed by atoms with Crippen LogP contribution in [0.3, 0.4) is 0 Å². The van der Waals surface area contributed by atoms with Crippen LogP contribution in [0.5, 0.6) is 0 Å². The summed E-state index contributed by atoms with van der Waals surface area (Å²) in [6.07, 6.45) is 0.509. The lowest BCUT2D eigenvalue weighted by Gasteiger charge is -2.22. The van der Waals surface area contributed by atoms with Crippen molar-refractivity contribution >= 4 is 5.97 Å². The minimum Gasteiger partial charge on any atom is -0.459 e. The summed E-state index contributed by atoms with van der Waals surface area (Å²) >= 11 is 0. The van der Waals surface area contributed by atoms with E-state index in [2.05, 4.69) is 26.0 Å². The van der Waals surface area contributed by atoms with E-state index in [1.807, 2.05) is 32.9 Å². The Morgan fingerprint density at radius 1 is 1.32 bits per heavy atom. The molecule has 0 saturated heterocycles. The minimum absolute atomic E-state index is 0.345. The second kappa shape index (κ2) is 6.20. The van der Waals surface area contributed by atoms with Crippen LogP contribution in [0.4, 0.5) is 0 Å². The lowest BCUT2D eigenvalue weighted by molar-refractivity contribution is -0.156. The van der Waals surface area contributed by atoms with E-state index in [0.717, 1.165) is 5.56 Å². The number of hydrogen-bond acceptors (Lipinski definition) is 3. The molecule has 106 valence electrons. The standard InChI is InChI=1S/C16H25NO2/c1-11(2)13-8-6-7-12(9-13)10-14(17)15(18)19-16(3,4)5/h6-9,11,14H,10,17H2,1-5H3. The smallest absolute Gasteiger partial charge is 0.323 e. The molecule has 1 unspecified atom stereocenters. The van der Waals surface area contributed by atoms with Gasteiger partial charge < -0.3 is 10.5 Å². The predicted molar refractivity (Wildman–Crippen MR) is 78.1 cm³/mol. The third-order valence-corrected chi connectivity index (χ3v) is 2.78. The minimum atomic E-state index is -0.610. The topological polar surface area (TPSA) is 52.3 Å². The average molecular weight is 263 g/mol. The van der Waals surface area contributed by atoms with Gasteiger partial charge in [0.05, 0.1) is 0 Å². The van der Waals surface area contributed by atoms with E-state index in [-0.39, 0.29) is 5.97 Å². The van der Waals surface area contributed by atoms with Crippen LogP contribution in [0, 0.1) is 0 Å². The summed E-state index contributed by atoms with van der Waals surface area (Å²) < 4.78 is 5.29. The van der Waals surface area contributed by atoms with E-state index in [1.54, 1.807) is 0 Å². The molecule has 0 radical (unpaired) electrons. The first-order valence-electron chi connectivity index (χ1n) is 6.76. The predicted octanol–water partition coefficient (Wildman–Crippen LogP) is 3.02. The van der Waals surface area contributed by atoms with E-state index in [9.17, 15) is 4.79 Å². The number of ether oxygens (including phenoxy) is 1. The van der Waals surface area contributed by atoms with E-state index in [4.69, 9.17) is 10.5 Å². The van der Waals surface area contributed by atoms with Crippen molar-refractivity contribution in [2.45, 2.75) is 58.6 Å². The summed E-state index contributed by atoms with van der Waals surface area (Å²) in [4.78, 5) is 11.8. The molecule has 0 saturated carbocycles. The Hall–Kier alpha value is -1.35. The van der Waals surface area contributed by atoms with Crippen molar-refractivity contribution < 1.29 is 9.53 Å². The Labute approximate surface area is 116 Å². The van der Waals surface area contributed by atoms with Gasteiger partial charge in [-0.25, -0.2) is 0 Å². The van der Waals surface area contributed by atoms with E-state index < -0.39 is 11.6 Å².